The molecule has 21 heavy (non-hydrogen) atoms. The molecule has 0 bridgehead atoms. The Bertz CT molecular complexity index is 773. The maximum atomic E-state index is 12.0. The van der Waals surface area contributed by atoms with Gasteiger partial charge >= 0.3 is 0 Å². The molecule has 0 fully saturated rings. The van der Waals surface area contributed by atoms with Gasteiger partial charge < -0.3 is 4.90 Å². The van der Waals surface area contributed by atoms with Crippen LogP contribution in [0.4, 0.5) is 11.4 Å². The zero-order chi connectivity index (χ0) is 14.4. The molecule has 2 aromatic rings. The molecule has 0 atom stereocenters. The average molecular weight is 275 g/mol. The molecule has 0 saturated heterocycles. The van der Waals surface area contributed by atoms with Gasteiger partial charge in [0.05, 0.1) is 0 Å². The third-order valence-electron chi connectivity index (χ3n) is 4.57. The van der Waals surface area contributed by atoms with Crippen LogP contribution in [0.15, 0.2) is 48.5 Å². The van der Waals surface area contributed by atoms with E-state index in [9.17, 15) is 4.79 Å². The zero-order valence-corrected chi connectivity index (χ0v) is 12.1. The van der Waals surface area contributed by atoms with E-state index in [1.54, 1.807) is 0 Å². The van der Waals surface area contributed by atoms with Crippen molar-refractivity contribution in [3.05, 3.63) is 59.7 Å². The largest absolute Gasteiger partial charge is 0.344 e. The lowest BCUT2D eigenvalue weighted by Crippen LogP contribution is -2.11. The normalized spacial score (nSPS) is 17.0. The Kier molecular flexibility index (Phi) is 2.71. The predicted octanol–water partition coefficient (Wildman–Crippen LogP) is 4.43. The number of benzene rings is 2. The fourth-order valence-electron chi connectivity index (χ4n) is 3.53. The second-order valence-corrected chi connectivity index (χ2v) is 5.77. The van der Waals surface area contributed by atoms with Crippen molar-refractivity contribution in [2.45, 2.75) is 19.3 Å². The summed E-state index contributed by atoms with van der Waals surface area (Å²) in [5, 5.41) is 0. The van der Waals surface area contributed by atoms with E-state index >= 15 is 0 Å². The molecule has 2 nitrogen and oxygen atoms in total. The molecular weight excluding hydrogens is 258 g/mol. The first kappa shape index (κ1) is 12.4. The van der Waals surface area contributed by atoms with E-state index in [4.69, 9.17) is 0 Å². The fraction of sp³-hybridized carbons (Fsp3) is 0.211. The number of anilines is 2. The van der Waals surface area contributed by atoms with Gasteiger partial charge in [-0.2, -0.15) is 0 Å². The Labute approximate surface area is 124 Å². The number of nitrogens with zero attached hydrogens (tertiary/aromatic N) is 1. The first-order valence-corrected chi connectivity index (χ1v) is 7.42. The topological polar surface area (TPSA) is 20.3 Å². The third-order valence-corrected chi connectivity index (χ3v) is 4.57. The van der Waals surface area contributed by atoms with Crippen molar-refractivity contribution >= 4 is 28.3 Å². The van der Waals surface area contributed by atoms with Crippen LogP contribution in [0, 0.1) is 0 Å². The van der Waals surface area contributed by atoms with Crippen molar-refractivity contribution in [3.63, 3.8) is 0 Å². The summed E-state index contributed by atoms with van der Waals surface area (Å²) in [6, 6.07) is 16.9. The summed E-state index contributed by atoms with van der Waals surface area (Å²) < 4.78 is 0. The highest BCUT2D eigenvalue weighted by atomic mass is 16.1. The molecular formula is C19H17NO. The molecule has 104 valence electrons. The standard InChI is InChI=1S/C19H17NO/c1-20-18-8-4-2-6-15(18)14-11-10-13(21)12-17(14)16-7-3-5-9-19(16)20/h2-9H,10-12H2,1H3. The van der Waals surface area contributed by atoms with Gasteiger partial charge in [0, 0.05) is 42.4 Å². The third kappa shape index (κ3) is 1.83. The second-order valence-electron chi connectivity index (χ2n) is 5.77. The highest BCUT2D eigenvalue weighted by Crippen LogP contribution is 2.47. The van der Waals surface area contributed by atoms with Crippen LogP contribution in [0.2, 0.25) is 0 Å². The summed E-state index contributed by atoms with van der Waals surface area (Å²) in [5.41, 5.74) is 7.47. The van der Waals surface area contributed by atoms with E-state index in [0.29, 0.717) is 18.6 Å². The van der Waals surface area contributed by atoms with Crippen LogP contribution in [0.3, 0.4) is 0 Å². The smallest absolute Gasteiger partial charge is 0.137 e. The van der Waals surface area contributed by atoms with Gasteiger partial charge in [-0.25, -0.2) is 0 Å². The predicted molar refractivity (Wildman–Crippen MR) is 86.6 cm³/mol. The van der Waals surface area contributed by atoms with Crippen molar-refractivity contribution in [2.75, 3.05) is 11.9 Å². The Morgan fingerprint density at radius 2 is 1.38 bits per heavy atom. The quantitative estimate of drug-likeness (QED) is 0.708. The minimum Gasteiger partial charge on any atom is -0.344 e. The lowest BCUT2D eigenvalue weighted by molar-refractivity contribution is -0.118. The lowest BCUT2D eigenvalue weighted by atomic mass is 9.83. The van der Waals surface area contributed by atoms with Gasteiger partial charge in [-0.3, -0.25) is 4.79 Å². The van der Waals surface area contributed by atoms with Crippen LogP contribution in [0.1, 0.15) is 30.4 Å². The minimum atomic E-state index is 0.352. The van der Waals surface area contributed by atoms with Gasteiger partial charge in [-0.1, -0.05) is 36.4 Å². The molecule has 1 aliphatic heterocycles. The number of hydrogen-bond donors (Lipinski definition) is 0. The summed E-state index contributed by atoms with van der Waals surface area (Å²) in [5.74, 6) is 0.352. The molecule has 2 heteroatoms. The number of carbonyl (C=O) groups excluding carboxylic acids is 1. The average Bonchev–Trinajstić information content (AvgIpc) is 2.63. The summed E-state index contributed by atoms with van der Waals surface area (Å²) in [7, 11) is 2.11. The number of ketones is 1. The molecule has 4 rings (SSSR count). The zero-order valence-electron chi connectivity index (χ0n) is 12.1. The molecule has 1 aliphatic carbocycles. The maximum Gasteiger partial charge on any atom is 0.137 e. The molecule has 1 heterocycles. The molecule has 0 unspecified atom stereocenters. The van der Waals surface area contributed by atoms with E-state index in [1.807, 2.05) is 0 Å². The number of fused-ring (bicyclic) bond motifs is 4. The van der Waals surface area contributed by atoms with Crippen LogP contribution in [-0.4, -0.2) is 12.8 Å². The highest BCUT2D eigenvalue weighted by molar-refractivity contribution is 6.09. The van der Waals surface area contributed by atoms with E-state index in [0.717, 1.165) is 6.42 Å². The Morgan fingerprint density at radius 3 is 2.05 bits per heavy atom. The van der Waals surface area contributed by atoms with Gasteiger partial charge in [0.25, 0.3) is 0 Å². The summed E-state index contributed by atoms with van der Waals surface area (Å²) >= 11 is 0. The first-order chi connectivity index (χ1) is 10.3. The first-order valence-electron chi connectivity index (χ1n) is 7.42. The fourth-order valence-corrected chi connectivity index (χ4v) is 3.53. The molecule has 0 aromatic heterocycles. The molecule has 0 spiro atoms. The van der Waals surface area contributed by atoms with Gasteiger partial charge in [0.1, 0.15) is 5.78 Å². The molecule has 0 amide bonds. The highest BCUT2D eigenvalue weighted by Gasteiger charge is 2.28. The number of carbonyl (C=O) groups is 1. The number of Topliss-reactive ketones (excluding diaryl/α,β-unsaturated/α-hetero) is 1. The summed E-state index contributed by atoms with van der Waals surface area (Å²) in [6.07, 6.45) is 2.08. The minimum absolute atomic E-state index is 0.352. The molecule has 0 saturated carbocycles. The Morgan fingerprint density at radius 1 is 0.810 bits per heavy atom. The van der Waals surface area contributed by atoms with E-state index < -0.39 is 0 Å². The van der Waals surface area contributed by atoms with Crippen LogP contribution in [-0.2, 0) is 4.79 Å². The molecule has 0 radical (unpaired) electrons. The molecule has 0 N–H and O–H groups in total. The van der Waals surface area contributed by atoms with Gasteiger partial charge in [0.2, 0.25) is 0 Å². The second kappa shape index (κ2) is 4.59. The van der Waals surface area contributed by atoms with Crippen molar-refractivity contribution in [1.82, 2.24) is 0 Å². The van der Waals surface area contributed by atoms with E-state index in [2.05, 4.69) is 60.5 Å². The van der Waals surface area contributed by atoms with Crippen molar-refractivity contribution in [2.24, 2.45) is 0 Å². The van der Waals surface area contributed by atoms with Gasteiger partial charge in [-0.15, -0.1) is 0 Å². The van der Waals surface area contributed by atoms with Crippen LogP contribution >= 0.6 is 0 Å². The van der Waals surface area contributed by atoms with Crippen LogP contribution in [0.25, 0.3) is 11.1 Å². The van der Waals surface area contributed by atoms with Crippen LogP contribution < -0.4 is 4.90 Å². The number of hydrogen-bond acceptors (Lipinski definition) is 2. The SMILES string of the molecule is CN1c2ccccc2C2=C(CC(=O)CC2)c2ccccc21. The number of allylic oxidation sites excluding steroid dienone is 2. The van der Waals surface area contributed by atoms with Crippen LogP contribution in [0.5, 0.6) is 0 Å². The molecule has 2 aromatic carbocycles. The van der Waals surface area contributed by atoms with E-state index in [1.165, 1.54) is 33.6 Å². The lowest BCUT2D eigenvalue weighted by Gasteiger charge is -2.22. The number of rotatable bonds is 0. The molecule has 2 aliphatic rings. The summed E-state index contributed by atoms with van der Waals surface area (Å²) in [6.45, 7) is 0. The van der Waals surface area contributed by atoms with Gasteiger partial charge in [-0.05, 0) is 29.7 Å². The van der Waals surface area contributed by atoms with Crippen molar-refractivity contribution < 1.29 is 4.79 Å². The van der Waals surface area contributed by atoms with Crippen molar-refractivity contribution in [1.29, 1.82) is 0 Å². The number of para-hydroxylation sites is 2. The Balaban J connectivity index is 2.08. The van der Waals surface area contributed by atoms with Crippen molar-refractivity contribution in [3.8, 4) is 0 Å². The van der Waals surface area contributed by atoms with Gasteiger partial charge in [0.15, 0.2) is 0 Å². The monoisotopic (exact) mass is 275 g/mol. The van der Waals surface area contributed by atoms with E-state index in [-0.39, 0.29) is 0 Å². The maximum absolute atomic E-state index is 12.0. The Hall–Kier alpha value is -2.35. The summed E-state index contributed by atoms with van der Waals surface area (Å²) in [4.78, 5) is 14.2.